The van der Waals surface area contributed by atoms with E-state index in [1.54, 1.807) is 24.3 Å². The normalized spacial score (nSPS) is 16.4. The molecular weight excluding hydrogens is 282 g/mol. The largest absolute Gasteiger partial charge is 0.479 e. The van der Waals surface area contributed by atoms with Crippen molar-refractivity contribution in [3.63, 3.8) is 0 Å². The number of fused-ring (bicyclic) bond motifs is 1. The molecular formula is C17H15NO4. The molecule has 112 valence electrons. The van der Waals surface area contributed by atoms with Crippen molar-refractivity contribution in [2.45, 2.75) is 12.7 Å². The number of hydrogen-bond acceptors (Lipinski definition) is 4. The first-order valence-electron chi connectivity index (χ1n) is 6.97. The molecule has 2 aromatic carbocycles. The van der Waals surface area contributed by atoms with Gasteiger partial charge < -0.3 is 9.47 Å². The summed E-state index contributed by atoms with van der Waals surface area (Å²) in [5, 5.41) is 0. The summed E-state index contributed by atoms with van der Waals surface area (Å²) in [4.78, 5) is 24.8. The van der Waals surface area contributed by atoms with Crippen molar-refractivity contribution in [3.05, 3.63) is 60.2 Å². The van der Waals surface area contributed by atoms with Crippen LogP contribution in [0.25, 0.3) is 0 Å². The van der Waals surface area contributed by atoms with Crippen LogP contribution in [-0.4, -0.2) is 25.0 Å². The zero-order valence-corrected chi connectivity index (χ0v) is 11.8. The van der Waals surface area contributed by atoms with E-state index >= 15 is 0 Å². The fourth-order valence-corrected chi connectivity index (χ4v) is 2.30. The molecule has 0 fully saturated rings. The molecule has 2 aromatic rings. The van der Waals surface area contributed by atoms with Gasteiger partial charge in [0.1, 0.15) is 12.4 Å². The van der Waals surface area contributed by atoms with Gasteiger partial charge in [-0.25, -0.2) is 4.79 Å². The second-order valence-electron chi connectivity index (χ2n) is 4.91. The van der Waals surface area contributed by atoms with E-state index in [9.17, 15) is 9.59 Å². The van der Waals surface area contributed by atoms with Crippen molar-refractivity contribution in [1.29, 1.82) is 0 Å². The van der Waals surface area contributed by atoms with Crippen LogP contribution in [0.5, 0.6) is 5.75 Å². The molecule has 5 heteroatoms. The average molecular weight is 297 g/mol. The molecule has 0 saturated carbocycles. The van der Waals surface area contributed by atoms with Gasteiger partial charge in [0.05, 0.1) is 12.2 Å². The van der Waals surface area contributed by atoms with Crippen LogP contribution < -0.4 is 9.64 Å². The van der Waals surface area contributed by atoms with Gasteiger partial charge in [-0.15, -0.1) is 0 Å². The standard InChI is InChI=1S/C17H15NO4/c19-11-14-10-18(15-8-4-5-9-16(15)22-14)17(20)21-12-13-6-2-1-3-7-13/h1-9,11,14H,10,12H2/t14-/m0/s1. The topological polar surface area (TPSA) is 55.8 Å². The molecule has 0 aliphatic carbocycles. The van der Waals surface area contributed by atoms with Gasteiger partial charge in [-0.2, -0.15) is 0 Å². The zero-order valence-electron chi connectivity index (χ0n) is 11.8. The number of carbonyl (C=O) groups excluding carboxylic acids is 2. The number of amides is 1. The molecule has 0 bridgehead atoms. The summed E-state index contributed by atoms with van der Waals surface area (Å²) in [6, 6.07) is 16.5. The van der Waals surface area contributed by atoms with Gasteiger partial charge in [-0.1, -0.05) is 42.5 Å². The molecule has 1 aliphatic heterocycles. The highest BCUT2D eigenvalue weighted by atomic mass is 16.6. The number of nitrogens with zero attached hydrogens (tertiary/aromatic N) is 1. The molecule has 1 aliphatic rings. The summed E-state index contributed by atoms with van der Waals surface area (Å²) >= 11 is 0. The fourth-order valence-electron chi connectivity index (χ4n) is 2.30. The Morgan fingerprint density at radius 3 is 2.68 bits per heavy atom. The average Bonchev–Trinajstić information content (AvgIpc) is 2.59. The van der Waals surface area contributed by atoms with Crippen LogP contribution in [0.4, 0.5) is 10.5 Å². The maximum absolute atomic E-state index is 12.3. The minimum Gasteiger partial charge on any atom is -0.479 e. The monoisotopic (exact) mass is 297 g/mol. The van der Waals surface area contributed by atoms with Crippen LogP contribution in [0.15, 0.2) is 54.6 Å². The molecule has 1 amide bonds. The third-order valence-electron chi connectivity index (χ3n) is 3.37. The van der Waals surface area contributed by atoms with E-state index in [0.29, 0.717) is 17.7 Å². The Balaban J connectivity index is 1.75. The first-order chi connectivity index (χ1) is 10.8. The van der Waals surface area contributed by atoms with E-state index in [0.717, 1.165) is 5.56 Å². The summed E-state index contributed by atoms with van der Waals surface area (Å²) in [6.45, 7) is 0.332. The molecule has 22 heavy (non-hydrogen) atoms. The third kappa shape index (κ3) is 2.93. The molecule has 0 radical (unpaired) electrons. The lowest BCUT2D eigenvalue weighted by Gasteiger charge is -2.31. The third-order valence-corrected chi connectivity index (χ3v) is 3.37. The summed E-state index contributed by atoms with van der Waals surface area (Å²) in [5.41, 5.74) is 1.52. The molecule has 0 saturated heterocycles. The highest BCUT2D eigenvalue weighted by Crippen LogP contribution is 2.33. The smallest absolute Gasteiger partial charge is 0.414 e. The summed E-state index contributed by atoms with van der Waals surface area (Å²) < 4.78 is 10.8. The first-order valence-corrected chi connectivity index (χ1v) is 6.97. The molecule has 0 spiro atoms. The van der Waals surface area contributed by atoms with Crippen molar-refractivity contribution in [1.82, 2.24) is 0 Å². The summed E-state index contributed by atoms with van der Waals surface area (Å²) in [7, 11) is 0. The summed E-state index contributed by atoms with van der Waals surface area (Å²) in [6.07, 6.45) is -0.487. The van der Waals surface area contributed by atoms with Gasteiger partial charge in [0.15, 0.2) is 12.4 Å². The van der Waals surface area contributed by atoms with E-state index in [2.05, 4.69) is 0 Å². The molecule has 0 unspecified atom stereocenters. The van der Waals surface area contributed by atoms with Crippen LogP contribution in [-0.2, 0) is 16.1 Å². The minimum atomic E-state index is -0.681. The van der Waals surface area contributed by atoms with Gasteiger partial charge in [0.2, 0.25) is 0 Å². The fraction of sp³-hybridized carbons (Fsp3) is 0.176. The number of hydrogen-bond donors (Lipinski definition) is 0. The number of rotatable bonds is 3. The maximum atomic E-state index is 12.3. The second-order valence-corrected chi connectivity index (χ2v) is 4.91. The van der Waals surface area contributed by atoms with Gasteiger partial charge in [0, 0.05) is 0 Å². The Morgan fingerprint density at radius 2 is 1.91 bits per heavy atom. The molecule has 1 atom stereocenters. The first kappa shape index (κ1) is 14.1. The van der Waals surface area contributed by atoms with Crippen LogP contribution in [0.1, 0.15) is 5.56 Å². The van der Waals surface area contributed by atoms with Gasteiger partial charge in [-0.3, -0.25) is 9.69 Å². The lowest BCUT2D eigenvalue weighted by Crippen LogP contribution is -2.44. The van der Waals surface area contributed by atoms with Crippen molar-refractivity contribution in [3.8, 4) is 5.75 Å². The SMILES string of the molecule is O=C[C@@H]1CN(C(=O)OCc2ccccc2)c2ccccc2O1. The summed E-state index contributed by atoms with van der Waals surface area (Å²) in [5.74, 6) is 0.502. The highest BCUT2D eigenvalue weighted by Gasteiger charge is 2.30. The lowest BCUT2D eigenvalue weighted by molar-refractivity contribution is -0.113. The molecule has 5 nitrogen and oxygen atoms in total. The van der Waals surface area contributed by atoms with Gasteiger partial charge in [0.25, 0.3) is 0 Å². The van der Waals surface area contributed by atoms with Crippen molar-refractivity contribution >= 4 is 18.1 Å². The lowest BCUT2D eigenvalue weighted by atomic mass is 10.2. The Hall–Kier alpha value is -2.82. The van der Waals surface area contributed by atoms with Gasteiger partial charge in [-0.05, 0) is 17.7 Å². The quantitative estimate of drug-likeness (QED) is 0.817. The van der Waals surface area contributed by atoms with Crippen LogP contribution >= 0.6 is 0 Å². The number of benzene rings is 2. The minimum absolute atomic E-state index is 0.147. The second kappa shape index (κ2) is 6.30. The van der Waals surface area contributed by atoms with Crippen molar-refractivity contribution in [2.24, 2.45) is 0 Å². The van der Waals surface area contributed by atoms with E-state index < -0.39 is 12.2 Å². The van der Waals surface area contributed by atoms with Crippen LogP contribution in [0.3, 0.4) is 0 Å². The molecule has 1 heterocycles. The number of carbonyl (C=O) groups is 2. The Kier molecular flexibility index (Phi) is 4.05. The Morgan fingerprint density at radius 1 is 1.18 bits per heavy atom. The van der Waals surface area contributed by atoms with E-state index in [1.165, 1.54) is 4.90 Å². The van der Waals surface area contributed by atoms with E-state index in [4.69, 9.17) is 9.47 Å². The maximum Gasteiger partial charge on any atom is 0.414 e. The van der Waals surface area contributed by atoms with Crippen molar-refractivity contribution in [2.75, 3.05) is 11.4 Å². The zero-order chi connectivity index (χ0) is 15.4. The number of aldehydes is 1. The molecule has 0 aromatic heterocycles. The Bertz CT molecular complexity index is 671. The molecule has 0 N–H and O–H groups in total. The van der Waals surface area contributed by atoms with Crippen LogP contribution in [0.2, 0.25) is 0 Å². The predicted octanol–water partition coefficient (Wildman–Crippen LogP) is 2.79. The van der Waals surface area contributed by atoms with Gasteiger partial charge >= 0.3 is 6.09 Å². The van der Waals surface area contributed by atoms with Crippen molar-refractivity contribution < 1.29 is 19.1 Å². The number of para-hydroxylation sites is 2. The predicted molar refractivity (Wildman–Crippen MR) is 80.9 cm³/mol. The highest BCUT2D eigenvalue weighted by molar-refractivity contribution is 5.91. The number of ether oxygens (including phenoxy) is 2. The molecule has 3 rings (SSSR count). The van der Waals surface area contributed by atoms with Crippen LogP contribution in [0, 0.1) is 0 Å². The Labute approximate surface area is 128 Å². The number of anilines is 1. The van der Waals surface area contributed by atoms with E-state index in [-0.39, 0.29) is 13.2 Å². The van der Waals surface area contributed by atoms with E-state index in [1.807, 2.05) is 30.3 Å².